The van der Waals surface area contributed by atoms with Gasteiger partial charge in [-0.1, -0.05) is 18.2 Å². The number of rotatable bonds is 6. The molecule has 0 spiro atoms. The quantitative estimate of drug-likeness (QED) is 0.631. The molecule has 8 nitrogen and oxygen atoms in total. The largest absolute Gasteiger partial charge is 0.494 e. The maximum absolute atomic E-state index is 12.8. The van der Waals surface area contributed by atoms with Gasteiger partial charge in [0.15, 0.2) is 11.4 Å². The number of ether oxygens (including phenoxy) is 2. The van der Waals surface area contributed by atoms with Gasteiger partial charge in [-0.3, -0.25) is 9.59 Å². The van der Waals surface area contributed by atoms with Crippen molar-refractivity contribution in [2.75, 3.05) is 19.0 Å². The van der Waals surface area contributed by atoms with Gasteiger partial charge in [0.2, 0.25) is 0 Å². The summed E-state index contributed by atoms with van der Waals surface area (Å²) in [5.41, 5.74) is 1.76. The summed E-state index contributed by atoms with van der Waals surface area (Å²) in [6, 6.07) is 14.7. The van der Waals surface area contributed by atoms with E-state index < -0.39 is 17.4 Å². The normalized spacial score (nSPS) is 10.4. The molecule has 1 aromatic heterocycles. The van der Waals surface area contributed by atoms with Crippen LogP contribution < -0.4 is 15.6 Å². The fourth-order valence-corrected chi connectivity index (χ4v) is 2.82. The predicted molar refractivity (Wildman–Crippen MR) is 111 cm³/mol. The van der Waals surface area contributed by atoms with Crippen molar-refractivity contribution in [3.8, 4) is 11.4 Å². The lowest BCUT2D eigenvalue weighted by Gasteiger charge is -2.13. The van der Waals surface area contributed by atoms with Crippen molar-refractivity contribution in [2.24, 2.45) is 0 Å². The zero-order valence-electron chi connectivity index (χ0n) is 16.8. The molecule has 0 fully saturated rings. The van der Waals surface area contributed by atoms with E-state index in [4.69, 9.17) is 9.47 Å². The number of carbonyl (C=O) groups excluding carboxylic acids is 2. The number of nitrogens with one attached hydrogen (secondary N) is 1. The topological polar surface area (TPSA) is 99.5 Å². The van der Waals surface area contributed by atoms with Crippen LogP contribution in [-0.4, -0.2) is 35.4 Å². The molecule has 8 heteroatoms. The maximum Gasteiger partial charge on any atom is 0.338 e. The Kier molecular flexibility index (Phi) is 6.26. The molecule has 3 rings (SSSR count). The maximum atomic E-state index is 12.8. The Morgan fingerprint density at radius 3 is 2.43 bits per heavy atom. The Bertz CT molecular complexity index is 1140. The summed E-state index contributed by atoms with van der Waals surface area (Å²) in [5, 5.41) is 6.93. The third kappa shape index (κ3) is 4.38. The average Bonchev–Trinajstić information content (AvgIpc) is 2.74. The lowest BCUT2D eigenvalue weighted by Crippen LogP contribution is -2.26. The summed E-state index contributed by atoms with van der Waals surface area (Å²) in [6.45, 7) is 3.85. The van der Waals surface area contributed by atoms with Gasteiger partial charge in [-0.15, -0.1) is 0 Å². The summed E-state index contributed by atoms with van der Waals surface area (Å²) in [4.78, 5) is 37.1. The predicted octanol–water partition coefficient (Wildman–Crippen LogP) is 2.98. The standard InChI is InChI=1S/C22H21N3O5/c1-4-30-22(28)15-9-11-16(12-10-15)23-21(27)20-18(29-3)13-19(26)25(24-20)17-8-6-5-7-14(17)2/h5-13H,4H2,1-3H3,(H,23,27). The molecular formula is C22H21N3O5. The first kappa shape index (κ1) is 20.8. The Hall–Kier alpha value is -3.94. The molecule has 0 saturated carbocycles. The van der Waals surface area contributed by atoms with E-state index in [0.717, 1.165) is 10.2 Å². The van der Waals surface area contributed by atoms with Crippen LogP contribution >= 0.6 is 0 Å². The molecule has 1 heterocycles. The van der Waals surface area contributed by atoms with Crippen LogP contribution in [0.3, 0.4) is 0 Å². The average molecular weight is 407 g/mol. The minimum absolute atomic E-state index is 0.0465. The third-order valence-corrected chi connectivity index (χ3v) is 4.33. The Labute approximate surface area is 173 Å². The molecule has 0 aliphatic rings. The second-order valence-electron chi connectivity index (χ2n) is 6.35. The van der Waals surface area contributed by atoms with Crippen LogP contribution in [0.2, 0.25) is 0 Å². The minimum atomic E-state index is -0.557. The van der Waals surface area contributed by atoms with Crippen molar-refractivity contribution in [2.45, 2.75) is 13.8 Å². The number of methoxy groups -OCH3 is 1. The molecule has 0 radical (unpaired) electrons. The number of benzene rings is 2. The van der Waals surface area contributed by atoms with Crippen molar-refractivity contribution < 1.29 is 19.1 Å². The summed E-state index contributed by atoms with van der Waals surface area (Å²) in [5.74, 6) is -0.937. The zero-order valence-corrected chi connectivity index (χ0v) is 16.8. The molecule has 30 heavy (non-hydrogen) atoms. The van der Waals surface area contributed by atoms with Crippen LogP contribution in [0.4, 0.5) is 5.69 Å². The monoisotopic (exact) mass is 407 g/mol. The molecule has 1 amide bonds. The van der Waals surface area contributed by atoms with Crippen LogP contribution in [0, 0.1) is 6.92 Å². The number of hydrogen-bond donors (Lipinski definition) is 1. The van der Waals surface area contributed by atoms with Gasteiger partial charge < -0.3 is 14.8 Å². The van der Waals surface area contributed by atoms with Gasteiger partial charge in [-0.25, -0.2) is 4.79 Å². The highest BCUT2D eigenvalue weighted by Crippen LogP contribution is 2.18. The first-order valence-electron chi connectivity index (χ1n) is 9.27. The highest BCUT2D eigenvalue weighted by Gasteiger charge is 2.19. The van der Waals surface area contributed by atoms with E-state index in [0.29, 0.717) is 16.9 Å². The van der Waals surface area contributed by atoms with Crippen molar-refractivity contribution in [1.29, 1.82) is 0 Å². The molecule has 154 valence electrons. The van der Waals surface area contributed by atoms with E-state index in [2.05, 4.69) is 10.4 Å². The second kappa shape index (κ2) is 9.04. The van der Waals surface area contributed by atoms with Gasteiger partial charge in [0.1, 0.15) is 0 Å². The Morgan fingerprint density at radius 2 is 1.80 bits per heavy atom. The summed E-state index contributed by atoms with van der Waals surface area (Å²) in [6.07, 6.45) is 0. The molecule has 0 atom stereocenters. The number of para-hydroxylation sites is 1. The van der Waals surface area contributed by atoms with E-state index >= 15 is 0 Å². The van der Waals surface area contributed by atoms with Gasteiger partial charge in [-0.05, 0) is 49.7 Å². The SMILES string of the molecule is CCOC(=O)c1ccc(NC(=O)c2nn(-c3ccccc3C)c(=O)cc2OC)cc1. The molecule has 0 saturated heterocycles. The van der Waals surface area contributed by atoms with Crippen LogP contribution in [0.25, 0.3) is 5.69 Å². The molecular weight excluding hydrogens is 386 g/mol. The number of carbonyl (C=O) groups is 2. The van der Waals surface area contributed by atoms with Gasteiger partial charge >= 0.3 is 5.97 Å². The summed E-state index contributed by atoms with van der Waals surface area (Å²) in [7, 11) is 1.36. The van der Waals surface area contributed by atoms with Crippen LogP contribution in [0.15, 0.2) is 59.4 Å². The van der Waals surface area contributed by atoms with E-state index in [1.54, 1.807) is 43.3 Å². The fraction of sp³-hybridized carbons (Fsp3) is 0.182. The fourth-order valence-electron chi connectivity index (χ4n) is 2.82. The smallest absolute Gasteiger partial charge is 0.338 e. The molecule has 0 aliphatic heterocycles. The van der Waals surface area contributed by atoms with E-state index in [9.17, 15) is 14.4 Å². The molecule has 2 aromatic carbocycles. The summed E-state index contributed by atoms with van der Waals surface area (Å²) < 4.78 is 11.3. The number of esters is 1. The lowest BCUT2D eigenvalue weighted by molar-refractivity contribution is 0.0526. The van der Waals surface area contributed by atoms with Crippen molar-refractivity contribution in [1.82, 2.24) is 9.78 Å². The number of aryl methyl sites for hydroxylation is 1. The van der Waals surface area contributed by atoms with Crippen LogP contribution in [0.1, 0.15) is 33.3 Å². The first-order chi connectivity index (χ1) is 14.4. The van der Waals surface area contributed by atoms with E-state index in [1.165, 1.54) is 13.2 Å². The molecule has 0 bridgehead atoms. The molecule has 0 aliphatic carbocycles. The molecule has 3 aromatic rings. The number of aromatic nitrogens is 2. The molecule has 0 unspecified atom stereocenters. The Balaban J connectivity index is 1.92. The van der Waals surface area contributed by atoms with E-state index in [1.807, 2.05) is 19.1 Å². The number of nitrogens with zero attached hydrogens (tertiary/aromatic N) is 2. The number of anilines is 1. The van der Waals surface area contributed by atoms with Gasteiger partial charge in [0, 0.05) is 5.69 Å². The number of amides is 1. The highest BCUT2D eigenvalue weighted by atomic mass is 16.5. The van der Waals surface area contributed by atoms with Crippen LogP contribution in [0.5, 0.6) is 5.75 Å². The van der Waals surface area contributed by atoms with Gasteiger partial charge in [-0.2, -0.15) is 9.78 Å². The lowest BCUT2D eigenvalue weighted by atomic mass is 10.2. The van der Waals surface area contributed by atoms with Crippen molar-refractivity contribution in [3.63, 3.8) is 0 Å². The summed E-state index contributed by atoms with van der Waals surface area (Å²) >= 11 is 0. The molecule has 1 N–H and O–H groups in total. The Morgan fingerprint density at radius 1 is 1.10 bits per heavy atom. The number of hydrogen-bond acceptors (Lipinski definition) is 6. The zero-order chi connectivity index (χ0) is 21.7. The minimum Gasteiger partial charge on any atom is -0.494 e. The van der Waals surface area contributed by atoms with Crippen molar-refractivity contribution in [3.05, 3.63) is 81.8 Å². The van der Waals surface area contributed by atoms with Gasteiger partial charge in [0.25, 0.3) is 11.5 Å². The third-order valence-electron chi connectivity index (χ3n) is 4.33. The van der Waals surface area contributed by atoms with Crippen LogP contribution in [-0.2, 0) is 4.74 Å². The van der Waals surface area contributed by atoms with E-state index in [-0.39, 0.29) is 18.1 Å². The second-order valence-corrected chi connectivity index (χ2v) is 6.35. The highest BCUT2D eigenvalue weighted by molar-refractivity contribution is 6.04. The van der Waals surface area contributed by atoms with Gasteiger partial charge in [0.05, 0.1) is 31.0 Å². The first-order valence-corrected chi connectivity index (χ1v) is 9.27. The van der Waals surface area contributed by atoms with Crippen molar-refractivity contribution >= 4 is 17.6 Å².